The van der Waals surface area contributed by atoms with Crippen molar-refractivity contribution in [2.45, 2.75) is 26.3 Å². The third-order valence-corrected chi connectivity index (χ3v) is 3.86. The molecule has 1 atom stereocenters. The van der Waals surface area contributed by atoms with E-state index in [1.807, 2.05) is 17.0 Å². The maximum atomic E-state index is 12.9. The van der Waals surface area contributed by atoms with Crippen molar-refractivity contribution in [3.63, 3.8) is 0 Å². The van der Waals surface area contributed by atoms with Crippen molar-refractivity contribution in [2.75, 3.05) is 33.4 Å². The lowest BCUT2D eigenvalue weighted by atomic mass is 9.89. The highest BCUT2D eigenvalue weighted by atomic mass is 16.5. The summed E-state index contributed by atoms with van der Waals surface area (Å²) in [5.74, 6) is 0.587. The molecule has 1 amide bonds. The zero-order valence-corrected chi connectivity index (χ0v) is 13.3. The van der Waals surface area contributed by atoms with Gasteiger partial charge >= 0.3 is 0 Å². The molecule has 1 aromatic carbocycles. The Balaban J connectivity index is 2.16. The Morgan fingerprint density at radius 3 is 2.90 bits per heavy atom. The third kappa shape index (κ3) is 4.05. The van der Waals surface area contributed by atoms with Crippen LogP contribution in [0.4, 0.5) is 0 Å². The van der Waals surface area contributed by atoms with Crippen molar-refractivity contribution >= 4 is 5.91 Å². The van der Waals surface area contributed by atoms with Crippen LogP contribution >= 0.6 is 0 Å². The number of ether oxygens (including phenoxy) is 1. The summed E-state index contributed by atoms with van der Waals surface area (Å²) in [6.07, 6.45) is 0. The molecule has 116 valence electrons. The average Bonchev–Trinajstić information content (AvgIpc) is 2.50. The SMILES string of the molecule is COCCN(CC(C)C)C(=O)C1CNCc2ccccc21. The highest BCUT2D eigenvalue weighted by Gasteiger charge is 2.29. The molecule has 0 saturated carbocycles. The summed E-state index contributed by atoms with van der Waals surface area (Å²) in [5.41, 5.74) is 2.41. The number of hydrogen-bond donors (Lipinski definition) is 1. The Morgan fingerprint density at radius 2 is 2.19 bits per heavy atom. The van der Waals surface area contributed by atoms with E-state index in [9.17, 15) is 4.79 Å². The molecule has 0 aliphatic carbocycles. The Kier molecular flexibility index (Phi) is 5.76. The molecule has 1 N–H and O–H groups in total. The molecule has 21 heavy (non-hydrogen) atoms. The summed E-state index contributed by atoms with van der Waals surface area (Å²) in [4.78, 5) is 14.9. The second-order valence-electron chi connectivity index (χ2n) is 6.05. The number of carbonyl (C=O) groups excluding carboxylic acids is 1. The molecule has 1 aliphatic rings. The van der Waals surface area contributed by atoms with Crippen molar-refractivity contribution in [2.24, 2.45) is 5.92 Å². The van der Waals surface area contributed by atoms with Crippen molar-refractivity contribution in [3.05, 3.63) is 35.4 Å². The average molecular weight is 290 g/mol. The molecule has 0 saturated heterocycles. The first kappa shape index (κ1) is 16.0. The van der Waals surface area contributed by atoms with Crippen LogP contribution < -0.4 is 5.32 Å². The van der Waals surface area contributed by atoms with Gasteiger partial charge < -0.3 is 15.0 Å². The molecule has 0 bridgehead atoms. The van der Waals surface area contributed by atoms with Gasteiger partial charge in [-0.15, -0.1) is 0 Å². The number of fused-ring (bicyclic) bond motifs is 1. The number of hydrogen-bond acceptors (Lipinski definition) is 3. The molecular formula is C17H26N2O2. The molecule has 1 aromatic rings. The van der Waals surface area contributed by atoms with Crippen LogP contribution in [-0.2, 0) is 16.1 Å². The van der Waals surface area contributed by atoms with Crippen LogP contribution in [0.1, 0.15) is 30.9 Å². The van der Waals surface area contributed by atoms with Gasteiger partial charge in [0.2, 0.25) is 5.91 Å². The fraction of sp³-hybridized carbons (Fsp3) is 0.588. The molecule has 0 fully saturated rings. The predicted molar refractivity (Wildman–Crippen MR) is 84.2 cm³/mol. The van der Waals surface area contributed by atoms with E-state index in [0.29, 0.717) is 19.1 Å². The van der Waals surface area contributed by atoms with E-state index in [0.717, 1.165) is 19.6 Å². The number of rotatable bonds is 6. The monoisotopic (exact) mass is 290 g/mol. The van der Waals surface area contributed by atoms with Gasteiger partial charge in [0.25, 0.3) is 0 Å². The minimum absolute atomic E-state index is 0.0782. The highest BCUT2D eigenvalue weighted by molar-refractivity contribution is 5.84. The summed E-state index contributed by atoms with van der Waals surface area (Å²) in [7, 11) is 1.68. The maximum Gasteiger partial charge on any atom is 0.231 e. The number of nitrogens with one attached hydrogen (secondary N) is 1. The number of methoxy groups -OCH3 is 1. The van der Waals surface area contributed by atoms with E-state index < -0.39 is 0 Å². The number of carbonyl (C=O) groups is 1. The molecule has 0 spiro atoms. The van der Waals surface area contributed by atoms with Crippen LogP contribution in [0, 0.1) is 5.92 Å². The van der Waals surface area contributed by atoms with Crippen LogP contribution in [0.2, 0.25) is 0 Å². The topological polar surface area (TPSA) is 41.6 Å². The molecule has 4 heteroatoms. The van der Waals surface area contributed by atoms with Crippen molar-refractivity contribution in [1.82, 2.24) is 10.2 Å². The fourth-order valence-electron chi connectivity index (χ4n) is 2.87. The standard InChI is InChI=1S/C17H26N2O2/c1-13(2)12-19(8-9-21-3)17(20)16-11-18-10-14-6-4-5-7-15(14)16/h4-7,13,16,18H,8-12H2,1-3H3. The van der Waals surface area contributed by atoms with Gasteiger partial charge in [0.15, 0.2) is 0 Å². The molecule has 1 heterocycles. The van der Waals surface area contributed by atoms with E-state index >= 15 is 0 Å². The van der Waals surface area contributed by atoms with Crippen LogP contribution in [0.5, 0.6) is 0 Å². The first-order chi connectivity index (χ1) is 10.1. The second kappa shape index (κ2) is 7.57. The van der Waals surface area contributed by atoms with E-state index in [2.05, 4.69) is 31.3 Å². The molecule has 0 radical (unpaired) electrons. The Morgan fingerprint density at radius 1 is 1.43 bits per heavy atom. The zero-order valence-electron chi connectivity index (χ0n) is 13.3. The lowest BCUT2D eigenvalue weighted by Crippen LogP contribution is -2.44. The van der Waals surface area contributed by atoms with Crippen molar-refractivity contribution < 1.29 is 9.53 Å². The molecule has 0 aromatic heterocycles. The summed E-state index contributed by atoms with van der Waals surface area (Å²) < 4.78 is 5.15. The van der Waals surface area contributed by atoms with Gasteiger partial charge in [-0.3, -0.25) is 4.79 Å². The minimum Gasteiger partial charge on any atom is -0.383 e. The predicted octanol–water partition coefficient (Wildman–Crippen LogP) is 2.00. The van der Waals surface area contributed by atoms with Crippen molar-refractivity contribution in [3.8, 4) is 0 Å². The van der Waals surface area contributed by atoms with E-state index in [-0.39, 0.29) is 11.8 Å². The maximum absolute atomic E-state index is 12.9. The lowest BCUT2D eigenvalue weighted by Gasteiger charge is -2.32. The van der Waals surface area contributed by atoms with Crippen LogP contribution in [-0.4, -0.2) is 44.2 Å². The van der Waals surface area contributed by atoms with E-state index in [4.69, 9.17) is 4.74 Å². The molecule has 1 aliphatic heterocycles. The zero-order chi connectivity index (χ0) is 15.2. The molecule has 4 nitrogen and oxygen atoms in total. The first-order valence-electron chi connectivity index (χ1n) is 7.69. The van der Waals surface area contributed by atoms with Gasteiger partial charge in [0.1, 0.15) is 0 Å². The van der Waals surface area contributed by atoms with E-state index in [1.54, 1.807) is 7.11 Å². The molecule has 2 rings (SSSR count). The summed E-state index contributed by atoms with van der Waals surface area (Å²) in [6.45, 7) is 7.87. The molecule has 1 unspecified atom stereocenters. The van der Waals surface area contributed by atoms with Gasteiger partial charge in [-0.25, -0.2) is 0 Å². The normalized spacial score (nSPS) is 17.6. The highest BCUT2D eigenvalue weighted by Crippen LogP contribution is 2.25. The number of benzene rings is 1. The number of amides is 1. The van der Waals surface area contributed by atoms with Gasteiger partial charge in [-0.05, 0) is 17.0 Å². The van der Waals surface area contributed by atoms with Crippen LogP contribution in [0.15, 0.2) is 24.3 Å². The number of nitrogens with zero attached hydrogens (tertiary/aromatic N) is 1. The first-order valence-corrected chi connectivity index (χ1v) is 7.69. The molecular weight excluding hydrogens is 264 g/mol. The Labute approximate surface area is 127 Å². The largest absolute Gasteiger partial charge is 0.383 e. The van der Waals surface area contributed by atoms with Gasteiger partial charge in [0, 0.05) is 33.3 Å². The van der Waals surface area contributed by atoms with Gasteiger partial charge in [-0.1, -0.05) is 38.1 Å². The summed E-state index contributed by atoms with van der Waals surface area (Å²) in [6, 6.07) is 8.24. The Bertz CT molecular complexity index is 474. The summed E-state index contributed by atoms with van der Waals surface area (Å²) in [5, 5.41) is 3.36. The van der Waals surface area contributed by atoms with E-state index in [1.165, 1.54) is 11.1 Å². The van der Waals surface area contributed by atoms with Crippen LogP contribution in [0.25, 0.3) is 0 Å². The second-order valence-corrected chi connectivity index (χ2v) is 6.05. The Hall–Kier alpha value is -1.39. The van der Waals surface area contributed by atoms with Crippen molar-refractivity contribution in [1.29, 1.82) is 0 Å². The lowest BCUT2D eigenvalue weighted by molar-refractivity contribution is -0.134. The van der Waals surface area contributed by atoms with Gasteiger partial charge in [0.05, 0.1) is 12.5 Å². The van der Waals surface area contributed by atoms with Gasteiger partial charge in [-0.2, -0.15) is 0 Å². The smallest absolute Gasteiger partial charge is 0.231 e. The van der Waals surface area contributed by atoms with Crippen LogP contribution in [0.3, 0.4) is 0 Å². The third-order valence-electron chi connectivity index (χ3n) is 3.86. The quantitative estimate of drug-likeness (QED) is 0.871. The fourth-order valence-corrected chi connectivity index (χ4v) is 2.87. The summed E-state index contributed by atoms with van der Waals surface area (Å²) >= 11 is 0. The minimum atomic E-state index is -0.0782.